The molecule has 0 aliphatic carbocycles. The van der Waals surface area contributed by atoms with Gasteiger partial charge >= 0.3 is 5.69 Å². The predicted molar refractivity (Wildman–Crippen MR) is 98.2 cm³/mol. The first-order valence-corrected chi connectivity index (χ1v) is 8.92. The normalized spacial score (nSPS) is 12.4. The Balaban J connectivity index is 2.31. The maximum absolute atomic E-state index is 12.0. The summed E-state index contributed by atoms with van der Waals surface area (Å²) in [5.41, 5.74) is -0.282. The Morgan fingerprint density at radius 3 is 2.62 bits per heavy atom. The molecule has 0 aliphatic heterocycles. The van der Waals surface area contributed by atoms with E-state index in [9.17, 15) is 25.1 Å². The molecule has 1 atom stereocenters. The molecule has 0 amide bonds. The van der Waals surface area contributed by atoms with Crippen LogP contribution in [0.4, 0.5) is 5.69 Å². The number of nitro benzene ring substituents is 1. The van der Waals surface area contributed by atoms with E-state index in [4.69, 9.17) is 4.74 Å². The second-order valence-corrected chi connectivity index (χ2v) is 6.05. The molecule has 1 unspecified atom stereocenters. The highest BCUT2D eigenvalue weighted by Crippen LogP contribution is 2.26. The Hall–Kier alpha value is -2.25. The SMILES string of the molecule is CCCCCCCCOC(O)C=CCC(=O)c1ccc([N+](=O)[O-])c(O)c1. The molecule has 0 saturated heterocycles. The summed E-state index contributed by atoms with van der Waals surface area (Å²) in [5.74, 6) is -0.873. The van der Waals surface area contributed by atoms with Crippen molar-refractivity contribution < 1.29 is 24.7 Å². The van der Waals surface area contributed by atoms with Crippen molar-refractivity contribution in [2.45, 2.75) is 58.2 Å². The fourth-order valence-electron chi connectivity index (χ4n) is 2.40. The number of aromatic hydroxyl groups is 1. The highest BCUT2D eigenvalue weighted by molar-refractivity contribution is 5.97. The molecule has 7 nitrogen and oxygen atoms in total. The molecule has 1 aromatic rings. The van der Waals surface area contributed by atoms with Crippen molar-refractivity contribution in [3.8, 4) is 5.75 Å². The molecular weight excluding hydrogens is 338 g/mol. The number of nitro groups is 1. The molecule has 0 aromatic heterocycles. The van der Waals surface area contributed by atoms with Crippen molar-refractivity contribution in [2.75, 3.05) is 6.61 Å². The fraction of sp³-hybridized carbons (Fsp3) is 0.526. The molecule has 144 valence electrons. The zero-order chi connectivity index (χ0) is 19.4. The molecule has 1 rings (SSSR count). The van der Waals surface area contributed by atoms with E-state index in [1.54, 1.807) is 0 Å². The Labute approximate surface area is 153 Å². The van der Waals surface area contributed by atoms with Gasteiger partial charge < -0.3 is 14.9 Å². The zero-order valence-corrected chi connectivity index (χ0v) is 15.1. The van der Waals surface area contributed by atoms with Crippen LogP contribution in [0, 0.1) is 10.1 Å². The number of phenolic OH excluding ortho intramolecular Hbond substituents is 1. The van der Waals surface area contributed by atoms with Gasteiger partial charge in [-0.05, 0) is 24.6 Å². The van der Waals surface area contributed by atoms with Crippen molar-refractivity contribution in [1.82, 2.24) is 0 Å². The number of hydrogen-bond donors (Lipinski definition) is 2. The van der Waals surface area contributed by atoms with Gasteiger partial charge in [-0.15, -0.1) is 0 Å². The van der Waals surface area contributed by atoms with Gasteiger partial charge in [0.25, 0.3) is 0 Å². The Bertz CT molecular complexity index is 614. The van der Waals surface area contributed by atoms with Crippen molar-refractivity contribution >= 4 is 11.5 Å². The second kappa shape index (κ2) is 12.2. The maximum atomic E-state index is 12.0. The van der Waals surface area contributed by atoms with E-state index in [0.717, 1.165) is 25.0 Å². The van der Waals surface area contributed by atoms with E-state index in [2.05, 4.69) is 6.92 Å². The summed E-state index contributed by atoms with van der Waals surface area (Å²) in [4.78, 5) is 21.9. The van der Waals surface area contributed by atoms with Gasteiger partial charge in [-0.25, -0.2) is 0 Å². The summed E-state index contributed by atoms with van der Waals surface area (Å²) in [6, 6.07) is 3.45. The number of carbonyl (C=O) groups is 1. The van der Waals surface area contributed by atoms with Crippen LogP contribution in [0.5, 0.6) is 5.75 Å². The Kier molecular flexibility index (Phi) is 10.2. The number of benzene rings is 1. The Morgan fingerprint density at radius 2 is 1.96 bits per heavy atom. The first-order chi connectivity index (χ1) is 12.5. The number of Topliss-reactive ketones (excluding diaryl/α,β-unsaturated/α-hetero) is 1. The quantitative estimate of drug-likeness (QED) is 0.136. The highest BCUT2D eigenvalue weighted by atomic mass is 16.6. The summed E-state index contributed by atoms with van der Waals surface area (Å²) in [6.45, 7) is 2.63. The lowest BCUT2D eigenvalue weighted by atomic mass is 10.1. The van der Waals surface area contributed by atoms with Gasteiger partial charge in [-0.2, -0.15) is 0 Å². The number of ether oxygens (including phenoxy) is 1. The van der Waals surface area contributed by atoms with Crippen LogP contribution in [0.3, 0.4) is 0 Å². The summed E-state index contributed by atoms with van der Waals surface area (Å²) in [5, 5.41) is 29.9. The van der Waals surface area contributed by atoms with Gasteiger partial charge in [0.05, 0.1) is 11.5 Å². The third kappa shape index (κ3) is 8.22. The van der Waals surface area contributed by atoms with Gasteiger partial charge in [0.1, 0.15) is 0 Å². The number of aliphatic hydroxyl groups excluding tert-OH is 1. The summed E-state index contributed by atoms with van der Waals surface area (Å²) < 4.78 is 5.24. The molecule has 0 fully saturated rings. The van der Waals surface area contributed by atoms with Crippen LogP contribution in [-0.2, 0) is 4.74 Å². The lowest BCUT2D eigenvalue weighted by molar-refractivity contribution is -0.385. The molecule has 2 N–H and O–H groups in total. The Morgan fingerprint density at radius 1 is 1.27 bits per heavy atom. The van der Waals surface area contributed by atoms with E-state index in [1.165, 1.54) is 43.9 Å². The minimum atomic E-state index is -1.07. The van der Waals surface area contributed by atoms with Gasteiger partial charge in [0.15, 0.2) is 17.8 Å². The van der Waals surface area contributed by atoms with E-state index >= 15 is 0 Å². The zero-order valence-electron chi connectivity index (χ0n) is 15.1. The van der Waals surface area contributed by atoms with Gasteiger partial charge in [-0.1, -0.05) is 45.1 Å². The topological polar surface area (TPSA) is 110 Å². The highest BCUT2D eigenvalue weighted by Gasteiger charge is 2.15. The number of unbranched alkanes of at least 4 members (excludes halogenated alkanes) is 5. The third-order valence-corrected chi connectivity index (χ3v) is 3.88. The number of aliphatic hydroxyl groups is 1. The molecule has 0 heterocycles. The summed E-state index contributed by atoms with van der Waals surface area (Å²) in [7, 11) is 0. The van der Waals surface area contributed by atoms with Crippen LogP contribution >= 0.6 is 0 Å². The minimum absolute atomic E-state index is 0.00527. The molecule has 0 bridgehead atoms. The van der Waals surface area contributed by atoms with Crippen molar-refractivity contribution in [3.63, 3.8) is 0 Å². The number of nitrogens with zero attached hydrogens (tertiary/aromatic N) is 1. The molecule has 0 spiro atoms. The largest absolute Gasteiger partial charge is 0.502 e. The van der Waals surface area contributed by atoms with Crippen LogP contribution in [0.15, 0.2) is 30.4 Å². The van der Waals surface area contributed by atoms with Crippen molar-refractivity contribution in [3.05, 3.63) is 46.0 Å². The second-order valence-electron chi connectivity index (χ2n) is 6.05. The first-order valence-electron chi connectivity index (χ1n) is 8.92. The number of phenols is 1. The number of ketones is 1. The molecule has 0 saturated carbocycles. The van der Waals surface area contributed by atoms with E-state index in [1.807, 2.05) is 0 Å². The molecule has 0 aliphatic rings. The van der Waals surface area contributed by atoms with Crippen molar-refractivity contribution in [1.29, 1.82) is 0 Å². The summed E-state index contributed by atoms with van der Waals surface area (Å²) in [6.07, 6.45) is 8.59. The summed E-state index contributed by atoms with van der Waals surface area (Å²) >= 11 is 0. The van der Waals surface area contributed by atoms with Crippen LogP contribution in [0.25, 0.3) is 0 Å². The van der Waals surface area contributed by atoms with E-state index in [-0.39, 0.29) is 17.8 Å². The first kappa shape index (κ1) is 21.8. The van der Waals surface area contributed by atoms with Crippen LogP contribution in [0.2, 0.25) is 0 Å². The van der Waals surface area contributed by atoms with Gasteiger partial charge in [0, 0.05) is 18.1 Å². The number of carbonyl (C=O) groups excluding carboxylic acids is 1. The molecule has 7 heteroatoms. The maximum Gasteiger partial charge on any atom is 0.310 e. The monoisotopic (exact) mass is 365 g/mol. The molecule has 26 heavy (non-hydrogen) atoms. The van der Waals surface area contributed by atoms with Gasteiger partial charge in [-0.3, -0.25) is 14.9 Å². The smallest absolute Gasteiger partial charge is 0.310 e. The third-order valence-electron chi connectivity index (χ3n) is 3.88. The number of hydrogen-bond acceptors (Lipinski definition) is 6. The number of rotatable bonds is 13. The average Bonchev–Trinajstić information content (AvgIpc) is 2.60. The van der Waals surface area contributed by atoms with Crippen molar-refractivity contribution in [2.24, 2.45) is 0 Å². The van der Waals surface area contributed by atoms with Crippen LogP contribution < -0.4 is 0 Å². The molecule has 0 radical (unpaired) electrons. The van der Waals surface area contributed by atoms with Crippen LogP contribution in [-0.4, -0.2) is 33.8 Å². The fourth-order valence-corrected chi connectivity index (χ4v) is 2.40. The lowest BCUT2D eigenvalue weighted by Gasteiger charge is -2.07. The lowest BCUT2D eigenvalue weighted by Crippen LogP contribution is -2.09. The predicted octanol–water partition coefficient (Wildman–Crippen LogP) is 4.12. The van der Waals surface area contributed by atoms with Gasteiger partial charge in [0.2, 0.25) is 0 Å². The van der Waals surface area contributed by atoms with Crippen LogP contribution in [0.1, 0.15) is 62.2 Å². The van der Waals surface area contributed by atoms with E-state index < -0.39 is 22.7 Å². The number of allylic oxidation sites excluding steroid dienone is 1. The standard InChI is InChI=1S/C19H27NO6/c1-2-3-4-5-6-7-13-26-19(23)10-8-9-17(21)15-11-12-16(20(24)25)18(22)14-15/h8,10-12,14,19,22-23H,2-7,9,13H2,1H3. The molecular formula is C19H27NO6. The average molecular weight is 365 g/mol. The minimum Gasteiger partial charge on any atom is -0.502 e. The molecule has 1 aromatic carbocycles. The van der Waals surface area contributed by atoms with E-state index in [0.29, 0.717) is 6.61 Å².